The Balaban J connectivity index is 2.15. The van der Waals surface area contributed by atoms with E-state index in [0.29, 0.717) is 46.2 Å². The number of aliphatic hydroxyl groups excluding tert-OH is 2. The van der Waals surface area contributed by atoms with Gasteiger partial charge in [0, 0.05) is 0 Å². The van der Waals surface area contributed by atoms with E-state index in [1.807, 2.05) is 0 Å². The van der Waals surface area contributed by atoms with Gasteiger partial charge in [0.1, 0.15) is 0 Å². The molecule has 0 bridgehead atoms. The summed E-state index contributed by atoms with van der Waals surface area (Å²) >= 11 is 0. The standard InChI is InChI=1S/C23H34F4O14S/c24-17-19(26)22(42(31,32)33)20(27)18(25)21(17)41-23(30)16(15-29)40-14-13-39-12-11-38-10-9-37-8-7-36-6-5-35-4-3-34-2-1-28/h16,28-29H,1-15H2,(H,31,32,33). The van der Waals surface area contributed by atoms with E-state index in [1.165, 1.54) is 0 Å². The fourth-order valence-corrected chi connectivity index (χ4v) is 3.42. The molecule has 19 heteroatoms. The summed E-state index contributed by atoms with van der Waals surface area (Å²) in [6, 6.07) is 0. The van der Waals surface area contributed by atoms with E-state index in [0.717, 1.165) is 0 Å². The number of esters is 1. The summed E-state index contributed by atoms with van der Waals surface area (Å²) in [4.78, 5) is 9.73. The topological polar surface area (TPSA) is 186 Å². The predicted molar refractivity (Wildman–Crippen MR) is 131 cm³/mol. The first-order chi connectivity index (χ1) is 20.1. The Morgan fingerprint density at radius 2 is 0.976 bits per heavy atom. The molecule has 0 saturated carbocycles. The maximum absolute atomic E-state index is 14.0. The number of aliphatic hydroxyl groups is 2. The SMILES string of the molecule is O=C(Oc1c(F)c(F)c(S(=O)(=O)O)c(F)c1F)C(CO)OCCOCCOCCOCCOCCOCCOCCO. The van der Waals surface area contributed by atoms with Crippen LogP contribution in [0.3, 0.4) is 0 Å². The minimum absolute atomic E-state index is 0.0341. The highest BCUT2D eigenvalue weighted by molar-refractivity contribution is 7.85. The minimum atomic E-state index is -5.69. The smallest absolute Gasteiger partial charge is 0.343 e. The quantitative estimate of drug-likeness (QED) is 0.0320. The monoisotopic (exact) mass is 642 g/mol. The van der Waals surface area contributed by atoms with Crippen LogP contribution in [0.5, 0.6) is 5.75 Å². The van der Waals surface area contributed by atoms with E-state index in [-0.39, 0.29) is 46.2 Å². The van der Waals surface area contributed by atoms with Crippen molar-refractivity contribution >= 4 is 16.1 Å². The molecule has 42 heavy (non-hydrogen) atoms. The van der Waals surface area contributed by atoms with E-state index in [4.69, 9.17) is 42.8 Å². The van der Waals surface area contributed by atoms with Crippen molar-refractivity contribution in [1.29, 1.82) is 0 Å². The van der Waals surface area contributed by atoms with Gasteiger partial charge in [0.15, 0.2) is 22.6 Å². The Bertz CT molecular complexity index is 1000. The predicted octanol–water partition coefficient (Wildman–Crippen LogP) is -0.135. The highest BCUT2D eigenvalue weighted by atomic mass is 32.2. The first-order valence-electron chi connectivity index (χ1n) is 12.4. The third-order valence-electron chi connectivity index (χ3n) is 4.71. The molecule has 1 aromatic carbocycles. The zero-order valence-electron chi connectivity index (χ0n) is 22.4. The molecule has 1 unspecified atom stereocenters. The molecule has 0 saturated heterocycles. The molecule has 0 aromatic heterocycles. The summed E-state index contributed by atoms with van der Waals surface area (Å²) in [7, 11) is -5.69. The van der Waals surface area contributed by atoms with E-state index in [1.54, 1.807) is 0 Å². The Labute approximate surface area is 239 Å². The number of rotatable bonds is 25. The Kier molecular flexibility index (Phi) is 19.6. The van der Waals surface area contributed by atoms with Crippen LogP contribution >= 0.6 is 0 Å². The summed E-state index contributed by atoms with van der Waals surface area (Å²) < 4.78 is 127. The van der Waals surface area contributed by atoms with Gasteiger partial charge in [-0.05, 0) is 0 Å². The second-order valence-corrected chi connectivity index (χ2v) is 9.11. The molecule has 0 fully saturated rings. The molecule has 0 spiro atoms. The van der Waals surface area contributed by atoms with Crippen molar-refractivity contribution in [2.75, 3.05) is 99.1 Å². The number of ether oxygens (including phenoxy) is 8. The summed E-state index contributed by atoms with van der Waals surface area (Å²) in [5.41, 5.74) is 0. The van der Waals surface area contributed by atoms with Crippen molar-refractivity contribution in [3.63, 3.8) is 0 Å². The Morgan fingerprint density at radius 3 is 1.31 bits per heavy atom. The fraction of sp³-hybridized carbons (Fsp3) is 0.696. The van der Waals surface area contributed by atoms with Gasteiger partial charge in [-0.2, -0.15) is 17.2 Å². The molecule has 0 heterocycles. The fourth-order valence-electron chi connectivity index (χ4n) is 2.78. The molecule has 1 aromatic rings. The summed E-state index contributed by atoms with van der Waals surface area (Å²) in [6.07, 6.45) is -1.85. The lowest BCUT2D eigenvalue weighted by molar-refractivity contribution is -0.151. The molecule has 0 aliphatic rings. The van der Waals surface area contributed by atoms with Crippen LogP contribution in [0.4, 0.5) is 17.6 Å². The molecule has 1 atom stereocenters. The summed E-state index contributed by atoms with van der Waals surface area (Å²) in [6.45, 7) is 1.94. The number of halogens is 4. The normalized spacial score (nSPS) is 12.5. The molecular formula is C23H34F4O14S. The maximum Gasteiger partial charge on any atom is 0.343 e. The lowest BCUT2D eigenvalue weighted by atomic mass is 10.3. The van der Waals surface area contributed by atoms with Crippen LogP contribution in [0.1, 0.15) is 0 Å². The molecule has 14 nitrogen and oxygen atoms in total. The second kappa shape index (κ2) is 21.6. The minimum Gasteiger partial charge on any atom is -0.418 e. The van der Waals surface area contributed by atoms with Gasteiger partial charge >= 0.3 is 16.1 Å². The molecular weight excluding hydrogens is 608 g/mol. The molecule has 244 valence electrons. The van der Waals surface area contributed by atoms with Gasteiger partial charge in [0.25, 0.3) is 0 Å². The molecule has 0 aliphatic heterocycles. The van der Waals surface area contributed by atoms with Gasteiger partial charge in [-0.15, -0.1) is 0 Å². The first-order valence-corrected chi connectivity index (χ1v) is 13.8. The Morgan fingerprint density at radius 1 is 0.619 bits per heavy atom. The van der Waals surface area contributed by atoms with Crippen molar-refractivity contribution in [2.45, 2.75) is 11.0 Å². The van der Waals surface area contributed by atoms with Crippen LogP contribution in [0, 0.1) is 23.3 Å². The number of carbonyl (C=O) groups is 1. The van der Waals surface area contributed by atoms with Crippen molar-refractivity contribution in [3.05, 3.63) is 23.3 Å². The van der Waals surface area contributed by atoms with E-state index >= 15 is 0 Å². The largest absolute Gasteiger partial charge is 0.418 e. The number of benzene rings is 1. The lowest BCUT2D eigenvalue weighted by Crippen LogP contribution is -2.34. The van der Waals surface area contributed by atoms with Gasteiger partial charge < -0.3 is 48.1 Å². The first kappa shape index (κ1) is 38.0. The lowest BCUT2D eigenvalue weighted by Gasteiger charge is -2.16. The van der Waals surface area contributed by atoms with Crippen molar-refractivity contribution < 1.29 is 83.4 Å². The van der Waals surface area contributed by atoms with Gasteiger partial charge in [-0.3, -0.25) is 4.55 Å². The van der Waals surface area contributed by atoms with Gasteiger partial charge in [-0.25, -0.2) is 13.6 Å². The van der Waals surface area contributed by atoms with Crippen LogP contribution in [0.2, 0.25) is 0 Å². The molecule has 0 amide bonds. The van der Waals surface area contributed by atoms with E-state index in [2.05, 4.69) is 4.74 Å². The summed E-state index contributed by atoms with van der Waals surface area (Å²) in [5.74, 6) is -13.5. The van der Waals surface area contributed by atoms with Gasteiger partial charge in [-0.1, -0.05) is 0 Å². The van der Waals surface area contributed by atoms with Crippen LogP contribution in [-0.4, -0.2) is 134 Å². The maximum atomic E-state index is 14.0. The average molecular weight is 643 g/mol. The van der Waals surface area contributed by atoms with Crippen molar-refractivity contribution in [2.24, 2.45) is 0 Å². The highest BCUT2D eigenvalue weighted by Gasteiger charge is 2.35. The zero-order chi connectivity index (χ0) is 31.4. The number of carbonyl (C=O) groups excluding carboxylic acids is 1. The van der Waals surface area contributed by atoms with Crippen molar-refractivity contribution in [3.8, 4) is 5.75 Å². The summed E-state index contributed by atoms with van der Waals surface area (Å²) in [5, 5.41) is 17.8. The average Bonchev–Trinajstić information content (AvgIpc) is 2.94. The molecule has 0 aliphatic carbocycles. The molecule has 3 N–H and O–H groups in total. The van der Waals surface area contributed by atoms with E-state index in [9.17, 15) is 35.9 Å². The van der Waals surface area contributed by atoms with Crippen LogP contribution in [-0.2, 0) is 48.1 Å². The number of hydrogen-bond acceptors (Lipinski definition) is 13. The van der Waals surface area contributed by atoms with Crippen molar-refractivity contribution in [1.82, 2.24) is 0 Å². The van der Waals surface area contributed by atoms with Gasteiger partial charge in [0.2, 0.25) is 17.4 Å². The van der Waals surface area contributed by atoms with E-state index < -0.39 is 62.7 Å². The zero-order valence-corrected chi connectivity index (χ0v) is 23.3. The molecule has 1 rings (SSSR count). The third kappa shape index (κ3) is 14.4. The molecule has 0 radical (unpaired) electrons. The van der Waals surface area contributed by atoms with Crippen LogP contribution in [0.25, 0.3) is 0 Å². The highest BCUT2D eigenvalue weighted by Crippen LogP contribution is 2.32. The number of hydrogen-bond donors (Lipinski definition) is 3. The van der Waals surface area contributed by atoms with Crippen LogP contribution < -0.4 is 4.74 Å². The van der Waals surface area contributed by atoms with Gasteiger partial charge in [0.05, 0.1) is 99.1 Å². The van der Waals surface area contributed by atoms with Crippen LogP contribution in [0.15, 0.2) is 4.90 Å². The second-order valence-electron chi connectivity index (χ2n) is 7.75. The third-order valence-corrected chi connectivity index (χ3v) is 5.59. The Hall–Kier alpha value is -2.04.